The Kier molecular flexibility index (Phi) is 7.22. The average molecular weight is 433 g/mol. The zero-order valence-electron chi connectivity index (χ0n) is 17.3. The van der Waals surface area contributed by atoms with Crippen LogP contribution in [0.3, 0.4) is 0 Å². The van der Waals surface area contributed by atoms with Gasteiger partial charge in [0, 0.05) is 34.9 Å². The summed E-state index contributed by atoms with van der Waals surface area (Å²) in [5, 5.41) is 10.1. The Hall–Kier alpha value is -2.84. The number of benzene rings is 2. The minimum absolute atomic E-state index is 0.228. The van der Waals surface area contributed by atoms with Gasteiger partial charge in [0.15, 0.2) is 0 Å². The third-order valence-electron chi connectivity index (χ3n) is 5.49. The number of aliphatic hydroxyl groups is 1. The molecule has 1 aliphatic heterocycles. The Morgan fingerprint density at radius 3 is 2.48 bits per heavy atom. The Balaban J connectivity index is 1.30. The van der Waals surface area contributed by atoms with Crippen molar-refractivity contribution in [3.05, 3.63) is 83.1 Å². The summed E-state index contributed by atoms with van der Waals surface area (Å²) in [4.78, 5) is 6.74. The van der Waals surface area contributed by atoms with Gasteiger partial charge < -0.3 is 9.84 Å². The number of aromatic nitrogens is 1. The minimum Gasteiger partial charge on any atom is -0.492 e. The van der Waals surface area contributed by atoms with Crippen LogP contribution in [-0.2, 0) is 0 Å². The Labute approximate surface area is 188 Å². The highest BCUT2D eigenvalue weighted by Crippen LogP contribution is 2.21. The van der Waals surface area contributed by atoms with Crippen molar-refractivity contribution in [3.63, 3.8) is 0 Å². The maximum absolute atomic E-state index is 9.39. The maximum atomic E-state index is 9.39. The van der Waals surface area contributed by atoms with Crippen LogP contribution in [0.4, 0.5) is 0 Å². The van der Waals surface area contributed by atoms with E-state index in [1.807, 2.05) is 66.9 Å². The molecule has 1 atom stereocenters. The van der Waals surface area contributed by atoms with E-state index in [-0.39, 0.29) is 12.6 Å². The number of pyridine rings is 1. The van der Waals surface area contributed by atoms with Gasteiger partial charge in [-0.3, -0.25) is 4.90 Å². The van der Waals surface area contributed by atoms with Crippen molar-refractivity contribution in [2.45, 2.75) is 18.9 Å². The average Bonchev–Trinajstić information content (AvgIpc) is 3.27. The van der Waals surface area contributed by atoms with Gasteiger partial charge in [0.25, 0.3) is 0 Å². The predicted molar refractivity (Wildman–Crippen MR) is 124 cm³/mol. The van der Waals surface area contributed by atoms with Crippen LogP contribution >= 0.6 is 11.6 Å². The normalized spacial score (nSPS) is 16.0. The number of halogens is 1. The van der Waals surface area contributed by atoms with Crippen molar-refractivity contribution >= 4 is 11.6 Å². The molecule has 4 rings (SSSR count). The highest BCUT2D eigenvalue weighted by atomic mass is 35.5. The van der Waals surface area contributed by atoms with E-state index in [0.717, 1.165) is 59.1 Å². The smallest absolute Gasteiger partial charge is 0.119 e. The molecule has 31 heavy (non-hydrogen) atoms. The van der Waals surface area contributed by atoms with E-state index in [1.54, 1.807) is 0 Å². The second-order valence-electron chi connectivity index (χ2n) is 7.58. The summed E-state index contributed by atoms with van der Waals surface area (Å²) < 4.78 is 5.85. The number of rotatable bonds is 6. The van der Waals surface area contributed by atoms with Crippen molar-refractivity contribution in [1.29, 1.82) is 0 Å². The molecule has 1 N–H and O–H groups in total. The van der Waals surface area contributed by atoms with Crippen LogP contribution in [-0.4, -0.2) is 47.3 Å². The molecule has 0 radical (unpaired) electrons. The first-order valence-electron chi connectivity index (χ1n) is 10.5. The summed E-state index contributed by atoms with van der Waals surface area (Å²) in [6.45, 7) is 2.72. The summed E-state index contributed by atoms with van der Waals surface area (Å²) in [7, 11) is 0. The maximum Gasteiger partial charge on any atom is 0.119 e. The fourth-order valence-electron chi connectivity index (χ4n) is 3.73. The van der Waals surface area contributed by atoms with Crippen LogP contribution in [0.25, 0.3) is 11.1 Å². The lowest BCUT2D eigenvalue weighted by atomic mass is 10.1. The van der Waals surface area contributed by atoms with Gasteiger partial charge >= 0.3 is 0 Å². The SMILES string of the molecule is OC[C@@H]1CCCN1CCOc1ccc(C#Cc2ccc(-c3ccc(Cl)cc3)cn2)cc1. The van der Waals surface area contributed by atoms with Gasteiger partial charge in [-0.15, -0.1) is 0 Å². The third-order valence-corrected chi connectivity index (χ3v) is 5.74. The quantitative estimate of drug-likeness (QED) is 0.576. The molecule has 0 unspecified atom stereocenters. The van der Waals surface area contributed by atoms with Crippen molar-refractivity contribution in [2.75, 3.05) is 26.3 Å². The van der Waals surface area contributed by atoms with E-state index in [0.29, 0.717) is 6.61 Å². The van der Waals surface area contributed by atoms with Crippen LogP contribution in [0.1, 0.15) is 24.1 Å². The summed E-state index contributed by atoms with van der Waals surface area (Å²) in [6.07, 6.45) is 4.05. The standard InChI is InChI=1S/C26H25ClN2O2/c27-23-9-6-21(7-10-23)22-8-12-24(28-18-22)11-3-20-4-13-26(14-5-20)31-17-16-29-15-1-2-25(29)19-30/h4-10,12-14,18,25,30H,1-2,15-17,19H2/t25-/m0/s1. The second-order valence-corrected chi connectivity index (χ2v) is 8.01. The molecule has 0 saturated carbocycles. The first-order chi connectivity index (χ1) is 15.2. The van der Waals surface area contributed by atoms with E-state index >= 15 is 0 Å². The fraction of sp³-hybridized carbons (Fsp3) is 0.269. The number of aliphatic hydroxyl groups excluding tert-OH is 1. The number of nitrogens with zero attached hydrogens (tertiary/aromatic N) is 2. The molecule has 1 aromatic heterocycles. The van der Waals surface area contributed by atoms with Gasteiger partial charge in [-0.05, 0) is 73.3 Å². The third kappa shape index (κ3) is 5.86. The molecule has 0 amide bonds. The zero-order valence-corrected chi connectivity index (χ0v) is 18.1. The van der Waals surface area contributed by atoms with Gasteiger partial charge in [0.05, 0.1) is 6.61 Å². The first-order valence-corrected chi connectivity index (χ1v) is 10.9. The molecule has 1 fully saturated rings. The van der Waals surface area contributed by atoms with Crippen molar-refractivity contribution in [2.24, 2.45) is 0 Å². The lowest BCUT2D eigenvalue weighted by Crippen LogP contribution is -2.35. The molecule has 1 saturated heterocycles. The van der Waals surface area contributed by atoms with Crippen LogP contribution in [0.15, 0.2) is 66.9 Å². The Morgan fingerprint density at radius 2 is 1.77 bits per heavy atom. The summed E-state index contributed by atoms with van der Waals surface area (Å²) in [5.41, 5.74) is 3.74. The number of hydrogen-bond acceptors (Lipinski definition) is 4. The second kappa shape index (κ2) is 10.5. The fourth-order valence-corrected chi connectivity index (χ4v) is 3.85. The summed E-state index contributed by atoms with van der Waals surface area (Å²) in [5.74, 6) is 7.08. The zero-order chi connectivity index (χ0) is 21.5. The first kappa shape index (κ1) is 21.4. The highest BCUT2D eigenvalue weighted by Gasteiger charge is 2.22. The summed E-state index contributed by atoms with van der Waals surface area (Å²) in [6, 6.07) is 19.7. The molecule has 3 aromatic rings. The molecule has 158 valence electrons. The molecule has 2 heterocycles. The van der Waals surface area contributed by atoms with Crippen LogP contribution in [0.5, 0.6) is 5.75 Å². The molecule has 5 heteroatoms. The van der Waals surface area contributed by atoms with E-state index in [2.05, 4.69) is 21.7 Å². The lowest BCUT2D eigenvalue weighted by Gasteiger charge is -2.22. The molecule has 0 aliphatic carbocycles. The molecule has 4 nitrogen and oxygen atoms in total. The van der Waals surface area contributed by atoms with Crippen LogP contribution in [0, 0.1) is 11.8 Å². The van der Waals surface area contributed by atoms with Gasteiger partial charge in [-0.1, -0.05) is 35.7 Å². The van der Waals surface area contributed by atoms with Gasteiger partial charge in [-0.25, -0.2) is 4.98 Å². The van der Waals surface area contributed by atoms with Crippen LogP contribution in [0.2, 0.25) is 5.02 Å². The Bertz CT molecular complexity index is 1040. The minimum atomic E-state index is 0.228. The van der Waals surface area contributed by atoms with Gasteiger partial charge in [0.2, 0.25) is 0 Å². The predicted octanol–water partition coefficient (Wildman–Crippen LogP) is 4.64. The monoisotopic (exact) mass is 432 g/mol. The number of likely N-dealkylation sites (tertiary alicyclic amines) is 1. The molecule has 0 bridgehead atoms. The number of hydrogen-bond donors (Lipinski definition) is 1. The molecule has 2 aromatic carbocycles. The van der Waals surface area contributed by atoms with E-state index in [9.17, 15) is 5.11 Å². The van der Waals surface area contributed by atoms with Crippen molar-refractivity contribution in [3.8, 4) is 28.7 Å². The van der Waals surface area contributed by atoms with E-state index in [4.69, 9.17) is 16.3 Å². The van der Waals surface area contributed by atoms with Crippen LogP contribution < -0.4 is 4.74 Å². The largest absolute Gasteiger partial charge is 0.492 e. The van der Waals surface area contributed by atoms with Gasteiger partial charge in [0.1, 0.15) is 18.1 Å². The van der Waals surface area contributed by atoms with E-state index in [1.165, 1.54) is 0 Å². The molecule has 0 spiro atoms. The molecular formula is C26H25ClN2O2. The van der Waals surface area contributed by atoms with E-state index < -0.39 is 0 Å². The number of ether oxygens (including phenoxy) is 1. The topological polar surface area (TPSA) is 45.6 Å². The molecular weight excluding hydrogens is 408 g/mol. The highest BCUT2D eigenvalue weighted by molar-refractivity contribution is 6.30. The van der Waals surface area contributed by atoms with Gasteiger partial charge in [-0.2, -0.15) is 0 Å². The van der Waals surface area contributed by atoms with Crippen molar-refractivity contribution in [1.82, 2.24) is 9.88 Å². The summed E-state index contributed by atoms with van der Waals surface area (Å²) >= 11 is 5.94. The lowest BCUT2D eigenvalue weighted by molar-refractivity contribution is 0.139. The Morgan fingerprint density at radius 1 is 1.00 bits per heavy atom. The molecule has 1 aliphatic rings. The van der Waals surface area contributed by atoms with Crippen molar-refractivity contribution < 1.29 is 9.84 Å².